The Morgan fingerprint density at radius 3 is 2.25 bits per heavy atom. The maximum atomic E-state index is 2.35. The lowest BCUT2D eigenvalue weighted by Gasteiger charge is -1.98. The van der Waals surface area contributed by atoms with Crippen LogP contribution in [-0.4, -0.2) is 0 Å². The first-order chi connectivity index (χ1) is 5.77. The molecule has 0 aromatic heterocycles. The molecule has 0 fully saturated rings. The van der Waals surface area contributed by atoms with E-state index >= 15 is 0 Å². The molecule has 0 aliphatic rings. The summed E-state index contributed by atoms with van der Waals surface area (Å²) in [4.78, 5) is 0. The highest BCUT2D eigenvalue weighted by molar-refractivity contribution is 4.81. The predicted molar refractivity (Wildman–Crippen MR) is 57.4 cm³/mol. The minimum absolute atomic E-state index is 0.852. The summed E-state index contributed by atoms with van der Waals surface area (Å²) in [5.41, 5.74) is 0. The van der Waals surface area contributed by atoms with Crippen LogP contribution in [0, 0.1) is 5.92 Å². The largest absolute Gasteiger partial charge is 0.0885 e. The molecule has 0 amide bonds. The Labute approximate surface area is 78.1 Å². The van der Waals surface area contributed by atoms with E-state index in [-0.39, 0.29) is 0 Å². The standard InChI is InChI=1S/C12H24/c1-4-5-6-7-8-9-10-11-12(2)3/h8-9,12H,4-7,10-11H2,1-3H3. The highest BCUT2D eigenvalue weighted by Crippen LogP contribution is 2.05. The molecule has 72 valence electrons. The van der Waals surface area contributed by atoms with Crippen LogP contribution < -0.4 is 0 Å². The third kappa shape index (κ3) is 9.74. The molecule has 0 N–H and O–H groups in total. The second-order valence-electron chi connectivity index (χ2n) is 3.94. The number of allylic oxidation sites excluding steroid dienone is 2. The van der Waals surface area contributed by atoms with Crippen LogP contribution >= 0.6 is 0 Å². The van der Waals surface area contributed by atoms with Crippen LogP contribution in [0.25, 0.3) is 0 Å². The third-order valence-electron chi connectivity index (χ3n) is 2.05. The van der Waals surface area contributed by atoms with E-state index in [4.69, 9.17) is 0 Å². The number of rotatable bonds is 7. The summed E-state index contributed by atoms with van der Waals surface area (Å²) in [6.07, 6.45) is 12.7. The Balaban J connectivity index is 3.04. The van der Waals surface area contributed by atoms with E-state index in [0.29, 0.717) is 0 Å². The zero-order valence-electron chi connectivity index (χ0n) is 8.97. The summed E-state index contributed by atoms with van der Waals surface area (Å²) < 4.78 is 0. The molecular weight excluding hydrogens is 144 g/mol. The van der Waals surface area contributed by atoms with Crippen molar-refractivity contribution >= 4 is 0 Å². The van der Waals surface area contributed by atoms with Crippen LogP contribution in [-0.2, 0) is 0 Å². The van der Waals surface area contributed by atoms with Crippen molar-refractivity contribution in [1.82, 2.24) is 0 Å². The first kappa shape index (κ1) is 11.7. The number of hydrogen-bond donors (Lipinski definition) is 0. The Morgan fingerprint density at radius 1 is 1.00 bits per heavy atom. The van der Waals surface area contributed by atoms with Crippen molar-refractivity contribution in [1.29, 1.82) is 0 Å². The van der Waals surface area contributed by atoms with Gasteiger partial charge in [0.2, 0.25) is 0 Å². The zero-order valence-corrected chi connectivity index (χ0v) is 8.97. The molecule has 0 rings (SSSR count). The van der Waals surface area contributed by atoms with Crippen LogP contribution in [0.5, 0.6) is 0 Å². The molecule has 0 heterocycles. The van der Waals surface area contributed by atoms with E-state index in [0.717, 1.165) is 5.92 Å². The number of hydrogen-bond acceptors (Lipinski definition) is 0. The SMILES string of the molecule is CCCCCC=CCCC(C)C. The summed E-state index contributed by atoms with van der Waals surface area (Å²) >= 11 is 0. The van der Waals surface area contributed by atoms with Crippen molar-refractivity contribution < 1.29 is 0 Å². The smallest absolute Gasteiger partial charge is 0.0348 e. The van der Waals surface area contributed by atoms with E-state index in [9.17, 15) is 0 Å². The molecule has 0 atom stereocenters. The van der Waals surface area contributed by atoms with Crippen LogP contribution in [0.15, 0.2) is 12.2 Å². The van der Waals surface area contributed by atoms with Gasteiger partial charge in [0, 0.05) is 0 Å². The third-order valence-corrected chi connectivity index (χ3v) is 2.05. The normalized spacial score (nSPS) is 11.7. The Morgan fingerprint density at radius 2 is 1.67 bits per heavy atom. The molecule has 0 aromatic rings. The summed E-state index contributed by atoms with van der Waals surface area (Å²) in [5, 5.41) is 0. The van der Waals surface area contributed by atoms with E-state index in [1.54, 1.807) is 0 Å². The molecule has 12 heavy (non-hydrogen) atoms. The fourth-order valence-corrected chi connectivity index (χ4v) is 1.18. The van der Waals surface area contributed by atoms with Gasteiger partial charge in [0.1, 0.15) is 0 Å². The summed E-state index contributed by atoms with van der Waals surface area (Å²) in [7, 11) is 0. The highest BCUT2D eigenvalue weighted by Gasteiger charge is 1.89. The molecule has 0 saturated carbocycles. The monoisotopic (exact) mass is 168 g/mol. The van der Waals surface area contributed by atoms with Crippen molar-refractivity contribution in [2.45, 2.75) is 59.3 Å². The lowest BCUT2D eigenvalue weighted by atomic mass is 10.1. The minimum atomic E-state index is 0.852. The first-order valence-corrected chi connectivity index (χ1v) is 5.42. The van der Waals surface area contributed by atoms with Crippen LogP contribution in [0.3, 0.4) is 0 Å². The molecule has 0 aliphatic heterocycles. The van der Waals surface area contributed by atoms with Crippen LogP contribution in [0.1, 0.15) is 59.3 Å². The second kappa shape index (κ2) is 8.83. The van der Waals surface area contributed by atoms with Gasteiger partial charge >= 0.3 is 0 Å². The van der Waals surface area contributed by atoms with Crippen LogP contribution in [0.4, 0.5) is 0 Å². The van der Waals surface area contributed by atoms with Gasteiger partial charge in [0.25, 0.3) is 0 Å². The van der Waals surface area contributed by atoms with Crippen molar-refractivity contribution in [3.8, 4) is 0 Å². The second-order valence-corrected chi connectivity index (χ2v) is 3.94. The first-order valence-electron chi connectivity index (χ1n) is 5.42. The molecule has 0 heteroatoms. The van der Waals surface area contributed by atoms with Crippen LogP contribution in [0.2, 0.25) is 0 Å². The summed E-state index contributed by atoms with van der Waals surface area (Å²) in [6, 6.07) is 0. The molecule has 0 bridgehead atoms. The quantitative estimate of drug-likeness (QED) is 0.386. The molecule has 0 saturated heterocycles. The predicted octanol–water partition coefficient (Wildman–Crippen LogP) is 4.56. The van der Waals surface area contributed by atoms with Crippen molar-refractivity contribution in [3.63, 3.8) is 0 Å². The van der Waals surface area contributed by atoms with E-state index in [1.807, 2.05) is 0 Å². The molecule has 0 aliphatic carbocycles. The highest BCUT2D eigenvalue weighted by atomic mass is 13.9. The van der Waals surface area contributed by atoms with Gasteiger partial charge in [-0.3, -0.25) is 0 Å². The maximum Gasteiger partial charge on any atom is -0.0348 e. The molecule has 0 unspecified atom stereocenters. The lowest BCUT2D eigenvalue weighted by molar-refractivity contribution is 0.593. The van der Waals surface area contributed by atoms with E-state index in [2.05, 4.69) is 32.9 Å². The molecule has 0 aromatic carbocycles. The van der Waals surface area contributed by atoms with Gasteiger partial charge in [-0.15, -0.1) is 0 Å². The van der Waals surface area contributed by atoms with Gasteiger partial charge in [0.05, 0.1) is 0 Å². The molecular formula is C12H24. The van der Waals surface area contributed by atoms with Gasteiger partial charge in [-0.2, -0.15) is 0 Å². The summed E-state index contributed by atoms with van der Waals surface area (Å²) in [6.45, 7) is 6.82. The maximum absolute atomic E-state index is 2.35. The van der Waals surface area contributed by atoms with Gasteiger partial charge in [-0.25, -0.2) is 0 Å². The zero-order chi connectivity index (χ0) is 9.23. The fourth-order valence-electron chi connectivity index (χ4n) is 1.18. The van der Waals surface area contributed by atoms with Gasteiger partial charge < -0.3 is 0 Å². The van der Waals surface area contributed by atoms with Gasteiger partial charge in [-0.05, 0) is 31.6 Å². The van der Waals surface area contributed by atoms with Crippen molar-refractivity contribution in [2.24, 2.45) is 5.92 Å². The minimum Gasteiger partial charge on any atom is -0.0885 e. The van der Waals surface area contributed by atoms with Gasteiger partial charge in [-0.1, -0.05) is 45.8 Å². The average Bonchev–Trinajstić information content (AvgIpc) is 2.02. The Kier molecular flexibility index (Phi) is 8.64. The van der Waals surface area contributed by atoms with Crippen molar-refractivity contribution in [3.05, 3.63) is 12.2 Å². The average molecular weight is 168 g/mol. The van der Waals surface area contributed by atoms with E-state index < -0.39 is 0 Å². The number of unbranched alkanes of at least 4 members (excludes halogenated alkanes) is 3. The van der Waals surface area contributed by atoms with E-state index in [1.165, 1.54) is 38.5 Å². The topological polar surface area (TPSA) is 0 Å². The Bertz CT molecular complexity index is 101. The fraction of sp³-hybridized carbons (Fsp3) is 0.833. The van der Waals surface area contributed by atoms with Gasteiger partial charge in [0.15, 0.2) is 0 Å². The molecule has 0 nitrogen and oxygen atoms in total. The Hall–Kier alpha value is -0.260. The summed E-state index contributed by atoms with van der Waals surface area (Å²) in [5.74, 6) is 0.852. The molecule has 0 spiro atoms. The van der Waals surface area contributed by atoms with Crippen molar-refractivity contribution in [2.75, 3.05) is 0 Å². The molecule has 0 radical (unpaired) electrons. The lowest BCUT2D eigenvalue weighted by Crippen LogP contribution is -1.83.